The van der Waals surface area contributed by atoms with Gasteiger partial charge in [0, 0.05) is 25.6 Å². The number of hydrogen-bond donors (Lipinski definition) is 2. The maximum Gasteiger partial charge on any atom is 0.308 e. The third-order valence-electron chi connectivity index (χ3n) is 2.82. The number of sulfonamides is 1. The van der Waals surface area contributed by atoms with Gasteiger partial charge < -0.3 is 10.1 Å². The summed E-state index contributed by atoms with van der Waals surface area (Å²) in [4.78, 5) is 22.9. The van der Waals surface area contributed by atoms with Gasteiger partial charge in [0.05, 0.1) is 0 Å². The average Bonchev–Trinajstić information content (AvgIpc) is 3.06. The summed E-state index contributed by atoms with van der Waals surface area (Å²) in [6.45, 7) is 1.46. The molecule has 0 saturated heterocycles. The second-order valence-corrected chi connectivity index (χ2v) is 7.65. The fraction of sp³-hybridized carbons (Fsp3) is 0.200. The molecule has 7 nitrogen and oxygen atoms in total. The molecular weight excluding hydrogens is 352 g/mol. The molecule has 0 bridgehead atoms. The largest absolute Gasteiger partial charge is 0.427 e. The van der Waals surface area contributed by atoms with Crippen molar-refractivity contribution >= 4 is 33.2 Å². The maximum absolute atomic E-state index is 12.0. The number of nitrogens with one attached hydrogen (secondary N) is 2. The smallest absolute Gasteiger partial charge is 0.308 e. The SMILES string of the molecule is CC(=O)Oc1cccc(C(=O)NCCNS(=O)(=O)c2cccs2)c1. The van der Waals surface area contributed by atoms with Gasteiger partial charge in [0.15, 0.2) is 0 Å². The Morgan fingerprint density at radius 2 is 1.96 bits per heavy atom. The molecule has 1 heterocycles. The molecule has 24 heavy (non-hydrogen) atoms. The highest BCUT2D eigenvalue weighted by molar-refractivity contribution is 7.91. The van der Waals surface area contributed by atoms with Crippen LogP contribution in [0.4, 0.5) is 0 Å². The lowest BCUT2D eigenvalue weighted by Crippen LogP contribution is -2.34. The van der Waals surface area contributed by atoms with Crippen molar-refractivity contribution in [2.24, 2.45) is 0 Å². The number of carbonyl (C=O) groups excluding carboxylic acids is 2. The first-order chi connectivity index (χ1) is 11.4. The number of esters is 1. The molecule has 0 aliphatic carbocycles. The zero-order valence-electron chi connectivity index (χ0n) is 12.8. The van der Waals surface area contributed by atoms with Crippen LogP contribution in [0.2, 0.25) is 0 Å². The molecule has 2 N–H and O–H groups in total. The Kier molecular flexibility index (Phi) is 6.07. The average molecular weight is 368 g/mol. The van der Waals surface area contributed by atoms with Crippen LogP contribution in [0.25, 0.3) is 0 Å². The lowest BCUT2D eigenvalue weighted by Gasteiger charge is -2.08. The van der Waals surface area contributed by atoms with Crippen molar-refractivity contribution in [3.05, 3.63) is 47.3 Å². The summed E-state index contributed by atoms with van der Waals surface area (Å²) in [5, 5.41) is 4.27. The summed E-state index contributed by atoms with van der Waals surface area (Å²) in [6.07, 6.45) is 0. The molecule has 0 radical (unpaired) electrons. The quantitative estimate of drug-likeness (QED) is 0.437. The fourth-order valence-corrected chi connectivity index (χ4v) is 3.89. The minimum absolute atomic E-state index is 0.0651. The van der Waals surface area contributed by atoms with Crippen LogP contribution < -0.4 is 14.8 Å². The highest BCUT2D eigenvalue weighted by Gasteiger charge is 2.14. The van der Waals surface area contributed by atoms with Crippen LogP contribution in [-0.2, 0) is 14.8 Å². The Hall–Kier alpha value is -2.23. The summed E-state index contributed by atoms with van der Waals surface area (Å²) >= 11 is 1.12. The Bertz CT molecular complexity index is 816. The minimum Gasteiger partial charge on any atom is -0.427 e. The van der Waals surface area contributed by atoms with Crippen molar-refractivity contribution in [2.75, 3.05) is 13.1 Å². The standard InChI is InChI=1S/C15H16N2O5S2/c1-11(18)22-13-5-2-4-12(10-13)15(19)16-7-8-17-24(20,21)14-6-3-9-23-14/h2-6,9-10,17H,7-8H2,1H3,(H,16,19). The number of amides is 1. The second kappa shape index (κ2) is 8.04. The van der Waals surface area contributed by atoms with E-state index in [9.17, 15) is 18.0 Å². The van der Waals surface area contributed by atoms with E-state index in [1.54, 1.807) is 29.6 Å². The molecule has 0 aliphatic heterocycles. The summed E-state index contributed by atoms with van der Waals surface area (Å²) in [5.74, 6) is -0.594. The normalized spacial score (nSPS) is 11.0. The van der Waals surface area contributed by atoms with E-state index >= 15 is 0 Å². The van der Waals surface area contributed by atoms with Crippen molar-refractivity contribution in [3.8, 4) is 5.75 Å². The highest BCUT2D eigenvalue weighted by Crippen LogP contribution is 2.15. The number of carbonyl (C=O) groups is 2. The van der Waals surface area contributed by atoms with E-state index in [0.717, 1.165) is 11.3 Å². The molecule has 0 unspecified atom stereocenters. The lowest BCUT2D eigenvalue weighted by molar-refractivity contribution is -0.131. The van der Waals surface area contributed by atoms with Gasteiger partial charge in [-0.2, -0.15) is 0 Å². The minimum atomic E-state index is -3.54. The van der Waals surface area contributed by atoms with E-state index in [4.69, 9.17) is 4.74 Å². The Labute approximate surface area is 143 Å². The molecule has 1 amide bonds. The van der Waals surface area contributed by atoms with Crippen molar-refractivity contribution in [1.82, 2.24) is 10.0 Å². The molecular formula is C15H16N2O5S2. The van der Waals surface area contributed by atoms with E-state index in [1.807, 2.05) is 0 Å². The molecule has 0 aliphatic rings. The molecule has 0 fully saturated rings. The number of rotatable bonds is 7. The van der Waals surface area contributed by atoms with Crippen LogP contribution in [0.1, 0.15) is 17.3 Å². The van der Waals surface area contributed by atoms with Gasteiger partial charge in [-0.25, -0.2) is 13.1 Å². The first-order valence-corrected chi connectivity index (χ1v) is 9.34. The van der Waals surface area contributed by atoms with Crippen molar-refractivity contribution in [1.29, 1.82) is 0 Å². The van der Waals surface area contributed by atoms with Crippen molar-refractivity contribution in [3.63, 3.8) is 0 Å². The van der Waals surface area contributed by atoms with E-state index in [1.165, 1.54) is 19.1 Å². The zero-order valence-corrected chi connectivity index (χ0v) is 14.4. The predicted octanol–water partition coefficient (Wildman–Crippen LogP) is 1.38. The molecule has 1 aromatic carbocycles. The number of thiophene rings is 1. The Balaban J connectivity index is 1.84. The fourth-order valence-electron chi connectivity index (χ4n) is 1.82. The topological polar surface area (TPSA) is 102 Å². The van der Waals surface area contributed by atoms with Crippen LogP contribution in [-0.4, -0.2) is 33.4 Å². The monoisotopic (exact) mass is 368 g/mol. The lowest BCUT2D eigenvalue weighted by atomic mass is 10.2. The summed E-state index contributed by atoms with van der Waals surface area (Å²) in [6, 6.07) is 9.31. The molecule has 128 valence electrons. The third-order valence-corrected chi connectivity index (χ3v) is 5.68. The van der Waals surface area contributed by atoms with Gasteiger partial charge in [-0.15, -0.1) is 11.3 Å². The number of benzene rings is 1. The Morgan fingerprint density at radius 1 is 1.17 bits per heavy atom. The van der Waals surface area contributed by atoms with E-state index in [0.29, 0.717) is 5.56 Å². The summed E-state index contributed by atoms with van der Waals surface area (Å²) < 4.78 is 31.3. The first-order valence-electron chi connectivity index (χ1n) is 6.98. The maximum atomic E-state index is 12.0. The molecule has 2 aromatic rings. The molecule has 0 spiro atoms. The Morgan fingerprint density at radius 3 is 2.62 bits per heavy atom. The van der Waals surface area contributed by atoms with Gasteiger partial charge in [-0.05, 0) is 29.6 Å². The van der Waals surface area contributed by atoms with E-state index in [-0.39, 0.29) is 29.0 Å². The summed E-state index contributed by atoms with van der Waals surface area (Å²) in [5.41, 5.74) is 0.315. The second-order valence-electron chi connectivity index (χ2n) is 4.71. The van der Waals surface area contributed by atoms with Gasteiger partial charge in [-0.1, -0.05) is 12.1 Å². The van der Waals surface area contributed by atoms with E-state index < -0.39 is 16.0 Å². The molecule has 2 rings (SSSR count). The third kappa shape index (κ3) is 5.15. The molecule has 9 heteroatoms. The van der Waals surface area contributed by atoms with Gasteiger partial charge in [-0.3, -0.25) is 9.59 Å². The number of ether oxygens (including phenoxy) is 1. The van der Waals surface area contributed by atoms with Crippen molar-refractivity contribution in [2.45, 2.75) is 11.1 Å². The highest BCUT2D eigenvalue weighted by atomic mass is 32.2. The van der Waals surface area contributed by atoms with Gasteiger partial charge >= 0.3 is 5.97 Å². The van der Waals surface area contributed by atoms with E-state index in [2.05, 4.69) is 10.0 Å². The van der Waals surface area contributed by atoms with Crippen LogP contribution >= 0.6 is 11.3 Å². The first kappa shape index (κ1) is 18.1. The van der Waals surface area contributed by atoms with Gasteiger partial charge in [0.25, 0.3) is 5.91 Å². The molecule has 0 atom stereocenters. The van der Waals surface area contributed by atoms with Gasteiger partial charge in [0.1, 0.15) is 9.96 Å². The van der Waals surface area contributed by atoms with Gasteiger partial charge in [0.2, 0.25) is 10.0 Å². The van der Waals surface area contributed by atoms with Crippen molar-refractivity contribution < 1.29 is 22.7 Å². The predicted molar refractivity (Wildman–Crippen MR) is 89.6 cm³/mol. The molecule has 1 aromatic heterocycles. The van der Waals surface area contributed by atoms with Crippen LogP contribution in [0, 0.1) is 0 Å². The van der Waals surface area contributed by atoms with Crippen LogP contribution in [0.3, 0.4) is 0 Å². The summed E-state index contributed by atoms with van der Waals surface area (Å²) in [7, 11) is -3.54. The molecule has 0 saturated carbocycles. The van der Waals surface area contributed by atoms with Crippen LogP contribution in [0.5, 0.6) is 5.75 Å². The zero-order chi connectivity index (χ0) is 17.6. The van der Waals surface area contributed by atoms with Crippen LogP contribution in [0.15, 0.2) is 46.0 Å². The number of hydrogen-bond acceptors (Lipinski definition) is 6.